The van der Waals surface area contributed by atoms with E-state index in [2.05, 4.69) is 34.0 Å². The van der Waals surface area contributed by atoms with Crippen LogP contribution >= 0.6 is 0 Å². The monoisotopic (exact) mass is 296 g/mol. The van der Waals surface area contributed by atoms with E-state index in [0.717, 1.165) is 52.1 Å². The van der Waals surface area contributed by atoms with Crippen LogP contribution in [0.25, 0.3) is 0 Å². The summed E-state index contributed by atoms with van der Waals surface area (Å²) in [6.07, 6.45) is 3.42. The maximum atomic E-state index is 12.4. The molecule has 2 rings (SSSR count). The largest absolute Gasteiger partial charge is 0.352 e. The van der Waals surface area contributed by atoms with Gasteiger partial charge in [-0.25, -0.2) is 0 Å². The van der Waals surface area contributed by atoms with E-state index in [-0.39, 0.29) is 11.9 Å². The molecule has 0 aromatic rings. The first-order valence-corrected chi connectivity index (χ1v) is 8.55. The van der Waals surface area contributed by atoms with Crippen LogP contribution in [0.4, 0.5) is 0 Å². The highest BCUT2D eigenvalue weighted by Gasteiger charge is 2.27. The number of nitrogens with one attached hydrogen (secondary N) is 1. The van der Waals surface area contributed by atoms with Gasteiger partial charge in [0.25, 0.3) is 0 Å². The molecule has 0 aliphatic carbocycles. The van der Waals surface area contributed by atoms with Gasteiger partial charge in [0.05, 0.1) is 6.04 Å². The summed E-state index contributed by atoms with van der Waals surface area (Å²) in [6.45, 7) is 11.8. The molecular weight excluding hydrogens is 264 g/mol. The van der Waals surface area contributed by atoms with Crippen LogP contribution in [0.1, 0.15) is 33.1 Å². The van der Waals surface area contributed by atoms with Gasteiger partial charge < -0.3 is 15.1 Å². The van der Waals surface area contributed by atoms with Crippen molar-refractivity contribution in [1.82, 2.24) is 20.0 Å². The van der Waals surface area contributed by atoms with Gasteiger partial charge in [-0.05, 0) is 39.8 Å². The maximum Gasteiger partial charge on any atom is 0.237 e. The topological polar surface area (TPSA) is 38.8 Å². The Balaban J connectivity index is 1.71. The lowest BCUT2D eigenvalue weighted by atomic mass is 10.0. The summed E-state index contributed by atoms with van der Waals surface area (Å²) in [5.41, 5.74) is 0. The second kappa shape index (κ2) is 8.11. The van der Waals surface area contributed by atoms with Gasteiger partial charge in [0.2, 0.25) is 5.91 Å². The first-order valence-electron chi connectivity index (χ1n) is 8.55. The van der Waals surface area contributed by atoms with Crippen molar-refractivity contribution in [1.29, 1.82) is 0 Å². The normalized spacial score (nSPS) is 24.9. The molecule has 0 spiro atoms. The fourth-order valence-electron chi connectivity index (χ4n) is 3.31. The van der Waals surface area contributed by atoms with Crippen LogP contribution in [0.2, 0.25) is 0 Å². The minimum Gasteiger partial charge on any atom is -0.352 e. The Kier molecular flexibility index (Phi) is 6.45. The number of rotatable bonds is 5. The Labute approximate surface area is 129 Å². The van der Waals surface area contributed by atoms with Crippen LogP contribution in [0.3, 0.4) is 0 Å². The molecule has 0 bridgehead atoms. The zero-order chi connectivity index (χ0) is 15.2. The molecule has 5 nitrogen and oxygen atoms in total. The second-order valence-corrected chi connectivity index (χ2v) is 6.64. The van der Waals surface area contributed by atoms with Gasteiger partial charge in [-0.2, -0.15) is 0 Å². The third-order valence-corrected chi connectivity index (χ3v) is 4.94. The summed E-state index contributed by atoms with van der Waals surface area (Å²) in [7, 11) is 2.14. The summed E-state index contributed by atoms with van der Waals surface area (Å²) >= 11 is 0. The van der Waals surface area contributed by atoms with E-state index in [0.29, 0.717) is 6.04 Å². The van der Waals surface area contributed by atoms with E-state index in [9.17, 15) is 4.79 Å². The predicted octanol–water partition coefficient (Wildman–Crippen LogP) is 0.613. The Hall–Kier alpha value is -0.650. The zero-order valence-electron chi connectivity index (χ0n) is 14.0. The molecule has 21 heavy (non-hydrogen) atoms. The number of hydrogen-bond acceptors (Lipinski definition) is 4. The second-order valence-electron chi connectivity index (χ2n) is 6.64. The van der Waals surface area contributed by atoms with Crippen LogP contribution in [0.15, 0.2) is 0 Å². The molecule has 2 aliphatic heterocycles. The zero-order valence-corrected chi connectivity index (χ0v) is 14.0. The van der Waals surface area contributed by atoms with Crippen LogP contribution < -0.4 is 5.32 Å². The molecule has 0 saturated carbocycles. The molecular formula is C16H32N4O. The Morgan fingerprint density at radius 3 is 2.33 bits per heavy atom. The first kappa shape index (κ1) is 16.7. The quantitative estimate of drug-likeness (QED) is 0.807. The van der Waals surface area contributed by atoms with Gasteiger partial charge >= 0.3 is 0 Å². The standard InChI is InChI=1S/C16H32N4O/c1-4-7-19-8-5-15(6-9-19)17-16(21)14(2)20-12-10-18(3)11-13-20/h14-15H,4-13H2,1-3H3,(H,17,21)/t14-/m0/s1. The molecule has 2 fully saturated rings. The van der Waals surface area contributed by atoms with Crippen LogP contribution in [-0.4, -0.2) is 85.6 Å². The highest BCUT2D eigenvalue weighted by molar-refractivity contribution is 5.81. The van der Waals surface area contributed by atoms with Crippen molar-refractivity contribution in [3.63, 3.8) is 0 Å². The number of amides is 1. The summed E-state index contributed by atoms with van der Waals surface area (Å²) < 4.78 is 0. The van der Waals surface area contributed by atoms with Crippen LogP contribution in [0.5, 0.6) is 0 Å². The summed E-state index contributed by atoms with van der Waals surface area (Å²) in [5, 5.41) is 3.27. The van der Waals surface area contributed by atoms with Gasteiger partial charge in [0, 0.05) is 45.3 Å². The SMILES string of the molecule is CCCN1CCC(NC(=O)[C@H](C)N2CCN(C)CC2)CC1. The molecule has 2 saturated heterocycles. The highest BCUT2D eigenvalue weighted by Crippen LogP contribution is 2.12. The van der Waals surface area contributed by atoms with Crippen molar-refractivity contribution in [2.24, 2.45) is 0 Å². The third kappa shape index (κ3) is 4.94. The van der Waals surface area contributed by atoms with Crippen molar-refractivity contribution < 1.29 is 4.79 Å². The van der Waals surface area contributed by atoms with Crippen molar-refractivity contribution in [2.75, 3.05) is 52.9 Å². The average molecular weight is 296 g/mol. The van der Waals surface area contributed by atoms with E-state index >= 15 is 0 Å². The number of carbonyl (C=O) groups excluding carboxylic acids is 1. The van der Waals surface area contributed by atoms with E-state index in [1.54, 1.807) is 0 Å². The van der Waals surface area contributed by atoms with Gasteiger partial charge in [0.15, 0.2) is 0 Å². The molecule has 2 aliphatic rings. The molecule has 0 aromatic heterocycles. The molecule has 1 atom stereocenters. The summed E-state index contributed by atoms with van der Waals surface area (Å²) in [5.74, 6) is 0.216. The molecule has 0 radical (unpaired) electrons. The first-order chi connectivity index (χ1) is 10.1. The van der Waals surface area contributed by atoms with Gasteiger partial charge in [-0.1, -0.05) is 6.92 Å². The number of likely N-dealkylation sites (tertiary alicyclic amines) is 1. The number of nitrogens with zero attached hydrogens (tertiary/aromatic N) is 3. The minimum atomic E-state index is 0.00683. The maximum absolute atomic E-state index is 12.4. The van der Waals surface area contributed by atoms with Crippen LogP contribution in [-0.2, 0) is 4.79 Å². The van der Waals surface area contributed by atoms with Crippen LogP contribution in [0, 0.1) is 0 Å². The van der Waals surface area contributed by atoms with Gasteiger partial charge in [0.1, 0.15) is 0 Å². The molecule has 1 amide bonds. The van der Waals surface area contributed by atoms with E-state index in [1.165, 1.54) is 13.0 Å². The lowest BCUT2D eigenvalue weighted by molar-refractivity contribution is -0.127. The predicted molar refractivity (Wildman–Crippen MR) is 86.4 cm³/mol. The Morgan fingerprint density at radius 2 is 1.76 bits per heavy atom. The van der Waals surface area contributed by atoms with Gasteiger partial charge in [-0.3, -0.25) is 9.69 Å². The number of piperazine rings is 1. The van der Waals surface area contributed by atoms with Gasteiger partial charge in [-0.15, -0.1) is 0 Å². The molecule has 5 heteroatoms. The molecule has 2 heterocycles. The number of piperidine rings is 1. The lowest BCUT2D eigenvalue weighted by Gasteiger charge is -2.37. The molecule has 1 N–H and O–H groups in total. The molecule has 0 unspecified atom stereocenters. The number of likely N-dealkylation sites (N-methyl/N-ethyl adjacent to an activating group) is 1. The fraction of sp³-hybridized carbons (Fsp3) is 0.938. The third-order valence-electron chi connectivity index (χ3n) is 4.94. The number of carbonyl (C=O) groups is 1. The van der Waals surface area contributed by atoms with Crippen molar-refractivity contribution in [2.45, 2.75) is 45.2 Å². The summed E-state index contributed by atoms with van der Waals surface area (Å²) in [6, 6.07) is 0.382. The molecule has 0 aromatic carbocycles. The smallest absolute Gasteiger partial charge is 0.237 e. The minimum absolute atomic E-state index is 0.00683. The van der Waals surface area contributed by atoms with E-state index in [4.69, 9.17) is 0 Å². The van der Waals surface area contributed by atoms with Crippen molar-refractivity contribution in [3.05, 3.63) is 0 Å². The summed E-state index contributed by atoms with van der Waals surface area (Å²) in [4.78, 5) is 19.6. The number of hydrogen-bond donors (Lipinski definition) is 1. The highest BCUT2D eigenvalue weighted by atomic mass is 16.2. The van der Waals surface area contributed by atoms with E-state index < -0.39 is 0 Å². The Morgan fingerprint density at radius 1 is 1.14 bits per heavy atom. The fourth-order valence-corrected chi connectivity index (χ4v) is 3.31. The molecule has 122 valence electrons. The van der Waals surface area contributed by atoms with Crippen molar-refractivity contribution >= 4 is 5.91 Å². The van der Waals surface area contributed by atoms with E-state index in [1.807, 2.05) is 6.92 Å². The van der Waals surface area contributed by atoms with Crippen molar-refractivity contribution in [3.8, 4) is 0 Å². The Bertz CT molecular complexity index is 320. The average Bonchev–Trinajstić information content (AvgIpc) is 2.49. The lowest BCUT2D eigenvalue weighted by Crippen LogP contribution is -2.55.